The Morgan fingerprint density at radius 3 is 2.16 bits per heavy atom. The van der Waals surface area contributed by atoms with Crippen LogP contribution in [0.15, 0.2) is 54.7 Å². The molecular formula is C31H41N5O6S. The summed E-state index contributed by atoms with van der Waals surface area (Å²) in [7, 11) is 0. The molecule has 0 aliphatic carbocycles. The molecule has 1 heterocycles. The highest BCUT2D eigenvalue weighted by Crippen LogP contribution is 2.19. The van der Waals surface area contributed by atoms with E-state index >= 15 is 0 Å². The molecule has 8 N–H and O–H groups in total. The third-order valence-electron chi connectivity index (χ3n) is 7.03. The zero-order valence-electron chi connectivity index (χ0n) is 24.6. The largest absolute Gasteiger partial charge is 0.508 e. The quantitative estimate of drug-likeness (QED) is 0.129. The lowest BCUT2D eigenvalue weighted by Gasteiger charge is -2.26. The number of nitrogens with one attached hydrogen (secondary N) is 4. The van der Waals surface area contributed by atoms with E-state index in [4.69, 9.17) is 5.73 Å². The van der Waals surface area contributed by atoms with Gasteiger partial charge in [-0.25, -0.2) is 4.79 Å². The predicted molar refractivity (Wildman–Crippen MR) is 168 cm³/mol. The summed E-state index contributed by atoms with van der Waals surface area (Å²) < 4.78 is 0. The molecule has 0 aliphatic rings. The second kappa shape index (κ2) is 16.0. The summed E-state index contributed by atoms with van der Waals surface area (Å²) in [4.78, 5) is 55.2. The predicted octanol–water partition coefficient (Wildman–Crippen LogP) is 2.32. The molecule has 0 bridgehead atoms. The monoisotopic (exact) mass is 611 g/mol. The number of rotatable bonds is 16. The summed E-state index contributed by atoms with van der Waals surface area (Å²) in [6, 6.07) is 9.52. The number of aromatic amines is 1. The maximum atomic E-state index is 13.6. The van der Waals surface area contributed by atoms with Crippen LogP contribution in [0, 0.1) is 5.92 Å². The Hall–Kier alpha value is -4.03. The van der Waals surface area contributed by atoms with E-state index in [1.165, 1.54) is 12.1 Å². The number of fused-ring (bicyclic) bond motifs is 1. The fourth-order valence-electron chi connectivity index (χ4n) is 4.70. The van der Waals surface area contributed by atoms with Gasteiger partial charge in [0.1, 0.15) is 23.9 Å². The van der Waals surface area contributed by atoms with Crippen molar-refractivity contribution in [3.63, 3.8) is 0 Å². The van der Waals surface area contributed by atoms with Crippen molar-refractivity contribution < 1.29 is 29.4 Å². The van der Waals surface area contributed by atoms with Crippen molar-refractivity contribution in [2.45, 2.75) is 63.7 Å². The Kier molecular flexibility index (Phi) is 12.4. The Bertz CT molecular complexity index is 1390. The average molecular weight is 612 g/mol. The molecule has 11 nitrogen and oxygen atoms in total. The van der Waals surface area contributed by atoms with E-state index in [-0.39, 0.29) is 30.9 Å². The lowest BCUT2D eigenvalue weighted by molar-refractivity contribution is -0.142. The van der Waals surface area contributed by atoms with Crippen LogP contribution in [0.2, 0.25) is 0 Å². The number of nitrogens with two attached hydrogens (primary N) is 1. The minimum absolute atomic E-state index is 0.0157. The van der Waals surface area contributed by atoms with Gasteiger partial charge in [-0.1, -0.05) is 44.2 Å². The number of hydrogen-bond donors (Lipinski definition) is 7. The summed E-state index contributed by atoms with van der Waals surface area (Å²) >= 11 is 1.55. The number of hydrogen-bond acceptors (Lipinski definition) is 7. The van der Waals surface area contributed by atoms with Gasteiger partial charge in [0, 0.05) is 29.9 Å². The van der Waals surface area contributed by atoms with Gasteiger partial charge >= 0.3 is 5.97 Å². The third-order valence-corrected chi connectivity index (χ3v) is 7.68. The number of phenolic OH excluding ortho intramolecular Hbond substituents is 1. The van der Waals surface area contributed by atoms with Crippen molar-refractivity contribution >= 4 is 46.4 Å². The van der Waals surface area contributed by atoms with Crippen molar-refractivity contribution in [1.82, 2.24) is 20.9 Å². The maximum Gasteiger partial charge on any atom is 0.326 e. The van der Waals surface area contributed by atoms with Crippen LogP contribution in [0.3, 0.4) is 0 Å². The first-order valence-corrected chi connectivity index (χ1v) is 15.6. The van der Waals surface area contributed by atoms with Gasteiger partial charge in [-0.2, -0.15) is 11.8 Å². The molecule has 4 unspecified atom stereocenters. The summed E-state index contributed by atoms with van der Waals surface area (Å²) in [5, 5.41) is 28.5. The van der Waals surface area contributed by atoms with Crippen LogP contribution in [0.4, 0.5) is 0 Å². The Balaban J connectivity index is 1.78. The molecule has 2 aromatic carbocycles. The lowest BCUT2D eigenvalue weighted by Crippen LogP contribution is -2.58. The number of H-pyrrole nitrogens is 1. The summed E-state index contributed by atoms with van der Waals surface area (Å²) in [5.74, 6) is -2.24. The first-order chi connectivity index (χ1) is 20.5. The second-order valence-corrected chi connectivity index (χ2v) is 12.0. The van der Waals surface area contributed by atoms with E-state index in [1.807, 2.05) is 44.4 Å². The molecule has 0 radical (unpaired) electrons. The number of aliphatic carboxylic acids is 1. The van der Waals surface area contributed by atoms with Gasteiger partial charge in [0.05, 0.1) is 6.04 Å². The van der Waals surface area contributed by atoms with Crippen LogP contribution in [0.1, 0.15) is 37.8 Å². The SMILES string of the molecule is CSCCC(N)C(=O)NC(Cc1ccc(O)cc1)C(=O)NC(CC(C)C)C(=O)NC(Cc1c[nH]c2ccccc12)C(=O)O. The van der Waals surface area contributed by atoms with Gasteiger partial charge in [0.15, 0.2) is 0 Å². The lowest BCUT2D eigenvalue weighted by atomic mass is 9.99. The smallest absolute Gasteiger partial charge is 0.326 e. The number of amides is 3. The van der Waals surface area contributed by atoms with Crippen molar-refractivity contribution in [3.8, 4) is 5.75 Å². The molecule has 0 spiro atoms. The van der Waals surface area contributed by atoms with Crippen molar-refractivity contribution in [2.75, 3.05) is 12.0 Å². The number of aromatic hydroxyl groups is 1. The van der Waals surface area contributed by atoms with E-state index in [2.05, 4.69) is 20.9 Å². The molecule has 1 aromatic heterocycles. The molecule has 43 heavy (non-hydrogen) atoms. The van der Waals surface area contributed by atoms with Crippen molar-refractivity contribution in [1.29, 1.82) is 0 Å². The molecule has 232 valence electrons. The van der Waals surface area contributed by atoms with Gasteiger partial charge in [-0.05, 0) is 60.1 Å². The molecule has 12 heteroatoms. The Morgan fingerprint density at radius 1 is 0.884 bits per heavy atom. The number of para-hydroxylation sites is 1. The highest BCUT2D eigenvalue weighted by molar-refractivity contribution is 7.98. The van der Waals surface area contributed by atoms with Crippen molar-refractivity contribution in [2.24, 2.45) is 11.7 Å². The van der Waals surface area contributed by atoms with Crippen LogP contribution in [0.25, 0.3) is 10.9 Å². The molecule has 0 fully saturated rings. The highest BCUT2D eigenvalue weighted by Gasteiger charge is 2.31. The van der Waals surface area contributed by atoms with E-state index in [1.54, 1.807) is 30.1 Å². The molecule has 3 aromatic rings. The van der Waals surface area contributed by atoms with E-state index in [0.29, 0.717) is 17.7 Å². The number of thioether (sulfide) groups is 1. The van der Waals surface area contributed by atoms with Crippen LogP contribution >= 0.6 is 11.8 Å². The number of carboxylic acid groups (broad SMARTS) is 1. The van der Waals surface area contributed by atoms with E-state index in [0.717, 1.165) is 16.5 Å². The summed E-state index contributed by atoms with van der Waals surface area (Å²) in [5.41, 5.74) is 8.31. The summed E-state index contributed by atoms with van der Waals surface area (Å²) in [6.07, 6.45) is 4.42. The second-order valence-electron chi connectivity index (χ2n) is 11.0. The number of carbonyl (C=O) groups excluding carboxylic acids is 3. The van der Waals surface area contributed by atoms with Gasteiger partial charge in [-0.3, -0.25) is 14.4 Å². The number of phenols is 1. The van der Waals surface area contributed by atoms with Crippen LogP contribution in [-0.4, -0.2) is 75.1 Å². The topological polar surface area (TPSA) is 187 Å². The Morgan fingerprint density at radius 2 is 1.51 bits per heavy atom. The average Bonchev–Trinajstić information content (AvgIpc) is 3.38. The number of carbonyl (C=O) groups is 4. The minimum Gasteiger partial charge on any atom is -0.508 e. The van der Waals surface area contributed by atoms with Crippen molar-refractivity contribution in [3.05, 3.63) is 65.9 Å². The van der Waals surface area contributed by atoms with E-state index in [9.17, 15) is 29.4 Å². The van der Waals surface area contributed by atoms with Crippen LogP contribution in [0.5, 0.6) is 5.75 Å². The normalized spacial score (nSPS) is 14.1. The minimum atomic E-state index is -1.24. The molecule has 0 saturated heterocycles. The first-order valence-electron chi connectivity index (χ1n) is 14.2. The summed E-state index contributed by atoms with van der Waals surface area (Å²) in [6.45, 7) is 3.76. The number of carboxylic acids is 1. The zero-order valence-corrected chi connectivity index (χ0v) is 25.4. The van der Waals surface area contributed by atoms with Crippen LogP contribution < -0.4 is 21.7 Å². The fourth-order valence-corrected chi connectivity index (χ4v) is 5.19. The Labute approximate surface area is 255 Å². The molecule has 0 aliphatic heterocycles. The molecular weight excluding hydrogens is 570 g/mol. The highest BCUT2D eigenvalue weighted by atomic mass is 32.2. The van der Waals surface area contributed by atoms with Gasteiger partial charge < -0.3 is 36.9 Å². The number of aromatic nitrogens is 1. The maximum absolute atomic E-state index is 13.6. The van der Waals surface area contributed by atoms with Gasteiger partial charge in [0.2, 0.25) is 17.7 Å². The van der Waals surface area contributed by atoms with Gasteiger partial charge in [0.25, 0.3) is 0 Å². The molecule has 3 amide bonds. The first kappa shape index (κ1) is 33.5. The molecule has 4 atom stereocenters. The fraction of sp³-hybridized carbons (Fsp3) is 0.419. The zero-order chi connectivity index (χ0) is 31.5. The standard InChI is InChI=1S/C31H41N5O6S/c1-18(2)14-25(29(39)36-27(31(41)42)16-20-17-33-24-7-5-4-6-22(20)24)35-30(40)26(15-19-8-10-21(37)11-9-19)34-28(38)23(32)12-13-43-3/h4-11,17-18,23,25-27,33,37H,12-16,32H2,1-3H3,(H,34,38)(H,35,40)(H,36,39)(H,41,42). The van der Waals surface area contributed by atoms with Crippen LogP contribution in [-0.2, 0) is 32.0 Å². The van der Waals surface area contributed by atoms with Gasteiger partial charge in [-0.15, -0.1) is 0 Å². The number of benzene rings is 2. The molecule has 0 saturated carbocycles. The van der Waals surface area contributed by atoms with E-state index < -0.39 is 47.9 Å². The molecule has 3 rings (SSSR count). The third kappa shape index (κ3) is 10.0.